The van der Waals surface area contributed by atoms with Gasteiger partial charge in [0.15, 0.2) is 0 Å². The van der Waals surface area contributed by atoms with Crippen LogP contribution >= 0.6 is 0 Å². The molecule has 0 aliphatic carbocycles. The SMILES string of the molecule is CC(O)C(C)(C)NS(=O)(=O)c1ccc(CC(=O)O)cc1. The normalized spacial score (nSPS) is 14.0. The standard InChI is InChI=1S/C13H19NO5S/c1-9(15)13(2,3)14-20(18,19)11-6-4-10(5-7-11)8-12(16)17/h4-7,9,14-15H,8H2,1-3H3,(H,16,17). The Balaban J connectivity index is 2.96. The molecular weight excluding hydrogens is 282 g/mol. The summed E-state index contributed by atoms with van der Waals surface area (Å²) in [5.41, 5.74) is -0.482. The summed E-state index contributed by atoms with van der Waals surface area (Å²) in [6.07, 6.45) is -1.02. The summed E-state index contributed by atoms with van der Waals surface area (Å²) in [7, 11) is -3.77. The second-order valence-electron chi connectivity index (χ2n) is 5.22. The Kier molecular flexibility index (Phi) is 4.90. The van der Waals surface area contributed by atoms with Gasteiger partial charge in [0, 0.05) is 0 Å². The van der Waals surface area contributed by atoms with E-state index in [1.807, 2.05) is 0 Å². The number of carbonyl (C=O) groups is 1. The molecule has 0 radical (unpaired) electrons. The molecule has 0 bridgehead atoms. The van der Waals surface area contributed by atoms with Gasteiger partial charge in [-0.3, -0.25) is 4.79 Å². The molecule has 0 heterocycles. The van der Waals surface area contributed by atoms with Gasteiger partial charge in [-0.25, -0.2) is 13.1 Å². The zero-order valence-electron chi connectivity index (χ0n) is 11.6. The molecule has 112 valence electrons. The lowest BCUT2D eigenvalue weighted by Crippen LogP contribution is -2.50. The van der Waals surface area contributed by atoms with Crippen LogP contribution in [0.5, 0.6) is 0 Å². The maximum atomic E-state index is 12.1. The predicted octanol–water partition coefficient (Wildman–Crippen LogP) is 0.751. The van der Waals surface area contributed by atoms with E-state index in [1.165, 1.54) is 31.2 Å². The van der Waals surface area contributed by atoms with Gasteiger partial charge in [-0.2, -0.15) is 0 Å². The molecule has 6 nitrogen and oxygen atoms in total. The largest absolute Gasteiger partial charge is 0.481 e. The Hall–Kier alpha value is -1.44. The van der Waals surface area contributed by atoms with E-state index >= 15 is 0 Å². The molecule has 1 aromatic carbocycles. The fourth-order valence-corrected chi connectivity index (χ4v) is 2.93. The van der Waals surface area contributed by atoms with E-state index in [4.69, 9.17) is 5.11 Å². The lowest BCUT2D eigenvalue weighted by Gasteiger charge is -2.28. The first-order valence-electron chi connectivity index (χ1n) is 6.07. The Morgan fingerprint density at radius 1 is 1.30 bits per heavy atom. The van der Waals surface area contributed by atoms with E-state index in [1.54, 1.807) is 13.8 Å². The van der Waals surface area contributed by atoms with Gasteiger partial charge in [0.05, 0.1) is 23.0 Å². The molecule has 3 N–H and O–H groups in total. The molecule has 0 saturated carbocycles. The quantitative estimate of drug-likeness (QED) is 0.719. The molecule has 1 aromatic rings. The Morgan fingerprint density at radius 2 is 1.80 bits per heavy atom. The highest BCUT2D eigenvalue weighted by Gasteiger charge is 2.30. The third-order valence-corrected chi connectivity index (χ3v) is 4.72. The van der Waals surface area contributed by atoms with Gasteiger partial charge in [-0.15, -0.1) is 0 Å². The molecule has 7 heteroatoms. The molecular formula is C13H19NO5S. The highest BCUT2D eigenvalue weighted by Crippen LogP contribution is 2.16. The Morgan fingerprint density at radius 3 is 2.20 bits per heavy atom. The van der Waals surface area contributed by atoms with E-state index in [9.17, 15) is 18.3 Å². The number of aliphatic carboxylic acids is 1. The number of nitrogens with one attached hydrogen (secondary N) is 1. The summed E-state index contributed by atoms with van der Waals surface area (Å²) in [6, 6.07) is 5.60. The van der Waals surface area contributed by atoms with Crippen molar-refractivity contribution < 1.29 is 23.4 Å². The summed E-state index contributed by atoms with van der Waals surface area (Å²) in [5, 5.41) is 18.2. The molecule has 0 aromatic heterocycles. The van der Waals surface area contributed by atoms with E-state index in [0.29, 0.717) is 5.56 Å². The van der Waals surface area contributed by atoms with E-state index in [-0.39, 0.29) is 11.3 Å². The van der Waals surface area contributed by atoms with Crippen LogP contribution in [0, 0.1) is 0 Å². The van der Waals surface area contributed by atoms with Crippen LogP contribution in [-0.2, 0) is 21.2 Å². The van der Waals surface area contributed by atoms with Crippen LogP contribution in [0.2, 0.25) is 0 Å². The number of benzene rings is 1. The zero-order valence-corrected chi connectivity index (χ0v) is 12.4. The van der Waals surface area contributed by atoms with E-state index in [2.05, 4.69) is 4.72 Å². The van der Waals surface area contributed by atoms with Crippen molar-refractivity contribution in [3.05, 3.63) is 29.8 Å². The lowest BCUT2D eigenvalue weighted by molar-refractivity contribution is -0.136. The molecule has 0 saturated heterocycles. The number of hydrogen-bond donors (Lipinski definition) is 3. The van der Waals surface area contributed by atoms with Crippen molar-refractivity contribution in [2.45, 2.75) is 43.7 Å². The second-order valence-corrected chi connectivity index (χ2v) is 6.90. The highest BCUT2D eigenvalue weighted by molar-refractivity contribution is 7.89. The van der Waals surface area contributed by atoms with Gasteiger partial charge < -0.3 is 10.2 Å². The van der Waals surface area contributed by atoms with Crippen molar-refractivity contribution in [1.29, 1.82) is 0 Å². The van der Waals surface area contributed by atoms with Crippen LogP contribution in [-0.4, -0.2) is 36.2 Å². The first-order chi connectivity index (χ1) is 9.04. The molecule has 1 atom stereocenters. The fourth-order valence-electron chi connectivity index (χ4n) is 1.45. The van der Waals surface area contributed by atoms with Gasteiger partial charge in [0.25, 0.3) is 0 Å². The third-order valence-electron chi connectivity index (χ3n) is 3.03. The summed E-state index contributed by atoms with van der Waals surface area (Å²) in [5.74, 6) is -0.978. The van der Waals surface area contributed by atoms with Gasteiger partial charge >= 0.3 is 5.97 Å². The lowest BCUT2D eigenvalue weighted by atomic mass is 10.0. The second kappa shape index (κ2) is 5.90. The fraction of sp³-hybridized carbons (Fsp3) is 0.462. The zero-order chi connectivity index (χ0) is 15.6. The van der Waals surface area contributed by atoms with Crippen molar-refractivity contribution in [2.75, 3.05) is 0 Å². The number of carboxylic acid groups (broad SMARTS) is 1. The van der Waals surface area contributed by atoms with Crippen LogP contribution in [0.15, 0.2) is 29.2 Å². The van der Waals surface area contributed by atoms with Gasteiger partial charge in [0.1, 0.15) is 0 Å². The monoisotopic (exact) mass is 301 g/mol. The summed E-state index contributed by atoms with van der Waals surface area (Å²) in [6.45, 7) is 4.65. The van der Waals surface area contributed by atoms with Crippen molar-refractivity contribution in [3.8, 4) is 0 Å². The van der Waals surface area contributed by atoms with Crippen LogP contribution in [0.4, 0.5) is 0 Å². The topological polar surface area (TPSA) is 104 Å². The van der Waals surface area contributed by atoms with E-state index < -0.39 is 27.6 Å². The smallest absolute Gasteiger partial charge is 0.307 e. The first-order valence-corrected chi connectivity index (χ1v) is 7.56. The Bertz CT molecular complexity index is 575. The average molecular weight is 301 g/mol. The summed E-state index contributed by atoms with van der Waals surface area (Å²) < 4.78 is 26.7. The maximum Gasteiger partial charge on any atom is 0.307 e. The molecule has 0 aliphatic heterocycles. The number of rotatable bonds is 6. The molecule has 1 unspecified atom stereocenters. The number of sulfonamides is 1. The predicted molar refractivity (Wildman–Crippen MR) is 73.9 cm³/mol. The molecule has 1 rings (SSSR count). The molecule has 0 amide bonds. The third kappa shape index (κ3) is 4.29. The molecule has 20 heavy (non-hydrogen) atoms. The van der Waals surface area contributed by atoms with E-state index in [0.717, 1.165) is 0 Å². The van der Waals surface area contributed by atoms with Crippen LogP contribution in [0.25, 0.3) is 0 Å². The van der Waals surface area contributed by atoms with Crippen molar-refractivity contribution in [1.82, 2.24) is 4.72 Å². The minimum absolute atomic E-state index is 0.0281. The number of carboxylic acids is 1. The maximum absolute atomic E-state index is 12.1. The van der Waals surface area contributed by atoms with Gasteiger partial charge in [0.2, 0.25) is 10.0 Å². The van der Waals surface area contributed by atoms with Gasteiger partial charge in [-0.1, -0.05) is 12.1 Å². The molecule has 0 fully saturated rings. The van der Waals surface area contributed by atoms with Crippen LogP contribution < -0.4 is 4.72 Å². The molecule has 0 aliphatic rings. The van der Waals surface area contributed by atoms with Crippen LogP contribution in [0.3, 0.4) is 0 Å². The minimum Gasteiger partial charge on any atom is -0.481 e. The number of aliphatic hydroxyl groups is 1. The molecule has 0 spiro atoms. The van der Waals surface area contributed by atoms with Crippen molar-refractivity contribution in [3.63, 3.8) is 0 Å². The van der Waals surface area contributed by atoms with Gasteiger partial charge in [-0.05, 0) is 38.5 Å². The van der Waals surface area contributed by atoms with Crippen molar-refractivity contribution >= 4 is 16.0 Å². The van der Waals surface area contributed by atoms with Crippen LogP contribution in [0.1, 0.15) is 26.3 Å². The highest BCUT2D eigenvalue weighted by atomic mass is 32.2. The Labute approximate surface area is 118 Å². The summed E-state index contributed by atoms with van der Waals surface area (Å²) in [4.78, 5) is 10.6. The number of aliphatic hydroxyl groups excluding tert-OH is 1. The first kappa shape index (κ1) is 16.6. The summed E-state index contributed by atoms with van der Waals surface area (Å²) >= 11 is 0. The average Bonchev–Trinajstić information content (AvgIpc) is 2.27. The minimum atomic E-state index is -3.77. The van der Waals surface area contributed by atoms with Crippen molar-refractivity contribution in [2.24, 2.45) is 0 Å². The number of hydrogen-bond acceptors (Lipinski definition) is 4.